The smallest absolute Gasteiger partial charge is 0.457 e. The van der Waals surface area contributed by atoms with Crippen LogP contribution < -0.4 is 0 Å². The maximum Gasteiger partial charge on any atom is 0.472 e. The molecule has 0 bridgehead atoms. The monoisotopic (exact) mass is 869 g/mol. The Morgan fingerprint density at radius 2 is 0.983 bits per heavy atom. The van der Waals surface area contributed by atoms with Gasteiger partial charge in [-0.3, -0.25) is 13.8 Å². The standard InChI is InChI=1S/C47H81O12P/c1-3-5-7-9-11-13-15-17-19-21-22-24-26-28-30-32-34-36-41(48)58-40(39-57-60(54,55)59-47-45(52)43(50)42(49)44(51)46(47)53)38-56-37-35-33-31-29-27-25-23-20-18-16-14-12-10-8-6-4-2/h6,8,11-14,17-20,25,27,40,42-47,49-53H,3-5,7,9-10,15-16,21-24,26,28-39H2,1-2H3,(H,54,55)/b8-6-,13-11-,14-12-,19-17-,20-18-,27-25-. The molecule has 12 nitrogen and oxygen atoms in total. The average molecular weight is 869 g/mol. The van der Waals surface area contributed by atoms with Crippen LogP contribution in [-0.4, -0.2) is 98.9 Å². The summed E-state index contributed by atoms with van der Waals surface area (Å²) in [7, 11) is -5.03. The number of aliphatic hydroxyl groups is 5. The molecule has 0 aliphatic heterocycles. The Hall–Kier alpha value is -2.22. The summed E-state index contributed by atoms with van der Waals surface area (Å²) in [4.78, 5) is 23.1. The maximum absolute atomic E-state index is 12.8. The maximum atomic E-state index is 12.8. The van der Waals surface area contributed by atoms with Crippen molar-refractivity contribution >= 4 is 13.8 Å². The number of aliphatic hydroxyl groups excluding tert-OH is 5. The zero-order valence-corrected chi connectivity index (χ0v) is 37.6. The molecule has 1 rings (SSSR count). The lowest BCUT2D eigenvalue weighted by Gasteiger charge is -2.41. The Morgan fingerprint density at radius 1 is 0.550 bits per heavy atom. The first-order chi connectivity index (χ1) is 29.0. The van der Waals surface area contributed by atoms with E-state index < -0.39 is 63.1 Å². The molecule has 0 radical (unpaired) electrons. The number of ether oxygens (including phenoxy) is 2. The van der Waals surface area contributed by atoms with Gasteiger partial charge in [-0.15, -0.1) is 0 Å². The van der Waals surface area contributed by atoms with E-state index in [9.17, 15) is 39.8 Å². The number of esters is 1. The number of unbranched alkanes of at least 4 members (excludes halogenated alkanes) is 13. The first kappa shape index (κ1) is 55.8. The van der Waals surface area contributed by atoms with Gasteiger partial charge < -0.3 is 39.9 Å². The van der Waals surface area contributed by atoms with Gasteiger partial charge in [-0.05, 0) is 83.5 Å². The van der Waals surface area contributed by atoms with Crippen molar-refractivity contribution in [3.8, 4) is 0 Å². The van der Waals surface area contributed by atoms with Crippen LogP contribution in [0, 0.1) is 0 Å². The Kier molecular flexibility index (Phi) is 34.7. The third-order valence-corrected chi connectivity index (χ3v) is 11.0. The molecule has 6 unspecified atom stereocenters. The molecule has 0 amide bonds. The van der Waals surface area contributed by atoms with Gasteiger partial charge in [-0.2, -0.15) is 0 Å². The van der Waals surface area contributed by atoms with Crippen LogP contribution in [0.5, 0.6) is 0 Å². The van der Waals surface area contributed by atoms with Gasteiger partial charge in [0.1, 0.15) is 42.7 Å². The molecule has 1 aliphatic rings. The van der Waals surface area contributed by atoms with E-state index in [1.807, 2.05) is 0 Å². The van der Waals surface area contributed by atoms with Crippen molar-refractivity contribution in [1.82, 2.24) is 0 Å². The molecule has 1 aliphatic carbocycles. The molecule has 13 heteroatoms. The Labute approximate surface area is 361 Å². The first-order valence-corrected chi connectivity index (χ1v) is 24.3. The molecule has 60 heavy (non-hydrogen) atoms. The number of phosphoric ester groups is 1. The highest BCUT2D eigenvalue weighted by molar-refractivity contribution is 7.47. The fourth-order valence-corrected chi connectivity index (χ4v) is 7.41. The summed E-state index contributed by atoms with van der Waals surface area (Å²) < 4.78 is 34.1. The van der Waals surface area contributed by atoms with E-state index in [-0.39, 0.29) is 13.0 Å². The molecular weight excluding hydrogens is 787 g/mol. The molecule has 0 aromatic carbocycles. The Morgan fingerprint density at radius 3 is 1.50 bits per heavy atom. The van der Waals surface area contributed by atoms with E-state index in [1.54, 1.807) is 0 Å². The molecule has 0 saturated heterocycles. The topological polar surface area (TPSA) is 192 Å². The number of carbonyl (C=O) groups is 1. The predicted molar refractivity (Wildman–Crippen MR) is 239 cm³/mol. The summed E-state index contributed by atoms with van der Waals surface area (Å²) in [5.41, 5.74) is 0. The highest BCUT2D eigenvalue weighted by Gasteiger charge is 2.51. The number of carbonyl (C=O) groups excluding carboxylic acids is 1. The van der Waals surface area contributed by atoms with Crippen LogP contribution in [0.15, 0.2) is 72.9 Å². The lowest BCUT2D eigenvalue weighted by Crippen LogP contribution is -2.64. The first-order valence-electron chi connectivity index (χ1n) is 22.8. The van der Waals surface area contributed by atoms with Crippen molar-refractivity contribution in [1.29, 1.82) is 0 Å². The molecule has 6 N–H and O–H groups in total. The molecule has 1 saturated carbocycles. The van der Waals surface area contributed by atoms with Gasteiger partial charge >= 0.3 is 13.8 Å². The van der Waals surface area contributed by atoms with Gasteiger partial charge in [-0.1, -0.05) is 138 Å². The molecular formula is C47H81O12P. The fourth-order valence-electron chi connectivity index (χ4n) is 6.43. The highest BCUT2D eigenvalue weighted by Crippen LogP contribution is 2.47. The molecule has 1 fully saturated rings. The van der Waals surface area contributed by atoms with Crippen LogP contribution in [0.25, 0.3) is 0 Å². The zero-order chi connectivity index (χ0) is 44.1. The van der Waals surface area contributed by atoms with Gasteiger partial charge in [0, 0.05) is 13.0 Å². The lowest BCUT2D eigenvalue weighted by molar-refractivity contribution is -0.220. The van der Waals surface area contributed by atoms with Crippen molar-refractivity contribution in [2.45, 2.75) is 198 Å². The molecule has 0 aromatic rings. The van der Waals surface area contributed by atoms with Crippen LogP contribution in [0.2, 0.25) is 0 Å². The Bertz CT molecular complexity index is 1260. The largest absolute Gasteiger partial charge is 0.472 e. The molecule has 346 valence electrons. The molecule has 0 heterocycles. The van der Waals surface area contributed by atoms with E-state index >= 15 is 0 Å². The van der Waals surface area contributed by atoms with E-state index in [0.29, 0.717) is 13.0 Å². The average Bonchev–Trinajstić information content (AvgIpc) is 3.23. The second-order valence-corrected chi connectivity index (χ2v) is 16.9. The van der Waals surface area contributed by atoms with Crippen LogP contribution in [0.3, 0.4) is 0 Å². The quantitative estimate of drug-likeness (QED) is 0.0150. The third-order valence-electron chi connectivity index (χ3n) is 10.1. The minimum Gasteiger partial charge on any atom is -0.457 e. The summed E-state index contributed by atoms with van der Waals surface area (Å²) in [5, 5.41) is 50.2. The SMILES string of the molecule is CC/C=C\C/C=C\C/C=C\C/C=C\CCCCCOCC(COP(=O)(O)OC1C(O)C(O)C(O)C(O)C1O)OC(=O)CCCCCCCCC/C=C\C/C=C\CCCCC. The number of allylic oxidation sites excluding steroid dienone is 12. The number of hydrogen-bond donors (Lipinski definition) is 6. The Balaban J connectivity index is 2.44. The van der Waals surface area contributed by atoms with Crippen molar-refractivity contribution in [3.63, 3.8) is 0 Å². The minimum absolute atomic E-state index is 0.105. The van der Waals surface area contributed by atoms with Gasteiger partial charge in [0.15, 0.2) is 0 Å². The normalized spacial score (nSPS) is 23.0. The summed E-state index contributed by atoms with van der Waals surface area (Å²) >= 11 is 0. The number of rotatable bonds is 37. The second-order valence-electron chi connectivity index (χ2n) is 15.5. The van der Waals surface area contributed by atoms with Crippen molar-refractivity contribution in [2.75, 3.05) is 19.8 Å². The highest BCUT2D eigenvalue weighted by atomic mass is 31.2. The predicted octanol–water partition coefficient (Wildman–Crippen LogP) is 9.19. The summed E-state index contributed by atoms with van der Waals surface area (Å²) in [6.07, 6.45) is 35.4. The molecule has 0 spiro atoms. The van der Waals surface area contributed by atoms with E-state index in [1.165, 1.54) is 38.5 Å². The van der Waals surface area contributed by atoms with E-state index in [0.717, 1.165) is 89.9 Å². The summed E-state index contributed by atoms with van der Waals surface area (Å²) in [6, 6.07) is 0. The van der Waals surface area contributed by atoms with Gasteiger partial charge in [0.25, 0.3) is 0 Å². The second kappa shape index (κ2) is 37.3. The van der Waals surface area contributed by atoms with Crippen molar-refractivity contribution in [3.05, 3.63) is 72.9 Å². The van der Waals surface area contributed by atoms with Gasteiger partial charge in [0.05, 0.1) is 13.2 Å². The van der Waals surface area contributed by atoms with Crippen LogP contribution >= 0.6 is 7.82 Å². The molecule has 6 atom stereocenters. The van der Waals surface area contributed by atoms with Crippen molar-refractivity contribution < 1.29 is 58.3 Å². The van der Waals surface area contributed by atoms with Crippen LogP contribution in [-0.2, 0) is 27.9 Å². The molecule has 0 aromatic heterocycles. The summed E-state index contributed by atoms with van der Waals surface area (Å²) in [6.45, 7) is 4.02. The summed E-state index contributed by atoms with van der Waals surface area (Å²) in [5.74, 6) is -0.500. The minimum atomic E-state index is -5.03. The van der Waals surface area contributed by atoms with Crippen molar-refractivity contribution in [2.24, 2.45) is 0 Å². The number of hydrogen-bond acceptors (Lipinski definition) is 11. The lowest BCUT2D eigenvalue weighted by atomic mass is 9.85. The third kappa shape index (κ3) is 29.1. The van der Waals surface area contributed by atoms with E-state index in [2.05, 4.69) is 86.8 Å². The zero-order valence-electron chi connectivity index (χ0n) is 36.7. The van der Waals surface area contributed by atoms with Gasteiger partial charge in [0.2, 0.25) is 0 Å². The number of phosphoric acid groups is 1. The van der Waals surface area contributed by atoms with Gasteiger partial charge in [-0.25, -0.2) is 4.57 Å². The van der Waals surface area contributed by atoms with Crippen LogP contribution in [0.4, 0.5) is 0 Å². The van der Waals surface area contributed by atoms with Crippen LogP contribution in [0.1, 0.15) is 155 Å². The van der Waals surface area contributed by atoms with E-state index in [4.69, 9.17) is 18.5 Å². The fraction of sp³-hybridized carbons (Fsp3) is 0.723.